The Hall–Kier alpha value is -1.99. The minimum Gasteiger partial charge on any atom is -0.407 e. The lowest BCUT2D eigenvalue weighted by Crippen LogP contribution is -2.46. The Labute approximate surface area is 170 Å². The number of aliphatic hydroxyl groups is 1. The van der Waals surface area contributed by atoms with Crippen molar-refractivity contribution < 1.29 is 19.4 Å². The zero-order chi connectivity index (χ0) is 19.6. The number of benzene rings is 2. The molecule has 0 spiro atoms. The normalized spacial score (nSPS) is 19.3. The van der Waals surface area contributed by atoms with Gasteiger partial charge in [-0.05, 0) is 42.0 Å². The Bertz CT molecular complexity index is 872. The standard InChI is InChI=1S/C18H15Cl3N2O4/c19-12-2-1-3-15(9-12)23-5-4-18(26,16(23)24)27-17(25)22-10-11-6-13(20)8-14(21)7-11/h1-3,6-9,26H,4-5,10H2,(H,22,25)/t18-/m0/s1. The maximum absolute atomic E-state index is 12.5. The van der Waals surface area contributed by atoms with E-state index in [9.17, 15) is 14.7 Å². The average Bonchev–Trinajstić information content (AvgIpc) is 2.87. The second-order valence-electron chi connectivity index (χ2n) is 5.99. The average molecular weight is 430 g/mol. The van der Waals surface area contributed by atoms with E-state index in [1.54, 1.807) is 42.5 Å². The van der Waals surface area contributed by atoms with Crippen molar-refractivity contribution in [2.45, 2.75) is 18.8 Å². The molecular formula is C18H15Cl3N2O4. The Morgan fingerprint density at radius 2 is 1.85 bits per heavy atom. The van der Waals surface area contributed by atoms with Gasteiger partial charge in [-0.2, -0.15) is 0 Å². The number of carbonyl (C=O) groups excluding carboxylic acids is 2. The number of halogens is 3. The summed E-state index contributed by atoms with van der Waals surface area (Å²) < 4.78 is 4.99. The molecule has 9 heteroatoms. The lowest BCUT2D eigenvalue weighted by molar-refractivity contribution is -0.175. The number of nitrogens with one attached hydrogen (secondary N) is 1. The first kappa shape index (κ1) is 19.8. The molecule has 1 atom stereocenters. The molecule has 1 fully saturated rings. The third-order valence-electron chi connectivity index (χ3n) is 3.99. The van der Waals surface area contributed by atoms with Crippen LogP contribution in [0.3, 0.4) is 0 Å². The van der Waals surface area contributed by atoms with E-state index in [4.69, 9.17) is 39.5 Å². The molecule has 27 heavy (non-hydrogen) atoms. The van der Waals surface area contributed by atoms with Crippen molar-refractivity contribution in [3.05, 3.63) is 63.1 Å². The Morgan fingerprint density at radius 3 is 2.52 bits per heavy atom. The number of nitrogens with zero attached hydrogens (tertiary/aromatic N) is 1. The van der Waals surface area contributed by atoms with Crippen LogP contribution in [0.15, 0.2) is 42.5 Å². The van der Waals surface area contributed by atoms with Crippen LogP contribution >= 0.6 is 34.8 Å². The fourth-order valence-corrected chi connectivity index (χ4v) is 3.50. The molecule has 0 bridgehead atoms. The number of amides is 2. The Balaban J connectivity index is 1.62. The van der Waals surface area contributed by atoms with Crippen LogP contribution in [-0.4, -0.2) is 29.4 Å². The van der Waals surface area contributed by atoms with Gasteiger partial charge in [0.15, 0.2) is 0 Å². The maximum Gasteiger partial charge on any atom is 0.410 e. The van der Waals surface area contributed by atoms with Crippen molar-refractivity contribution in [1.29, 1.82) is 0 Å². The van der Waals surface area contributed by atoms with E-state index in [0.717, 1.165) is 0 Å². The van der Waals surface area contributed by atoms with E-state index in [1.165, 1.54) is 4.90 Å². The predicted octanol–water partition coefficient (Wildman–Crippen LogP) is 4.00. The van der Waals surface area contributed by atoms with Crippen LogP contribution in [0.25, 0.3) is 0 Å². The van der Waals surface area contributed by atoms with E-state index >= 15 is 0 Å². The fourth-order valence-electron chi connectivity index (χ4n) is 2.74. The van der Waals surface area contributed by atoms with Crippen molar-refractivity contribution >= 4 is 52.5 Å². The summed E-state index contributed by atoms with van der Waals surface area (Å²) in [5, 5.41) is 14.2. The quantitative estimate of drug-likeness (QED) is 0.720. The SMILES string of the molecule is O=C(NCc1cc(Cl)cc(Cl)c1)O[C@@]1(O)CCN(c2cccc(Cl)c2)C1=O. The second kappa shape index (κ2) is 7.94. The maximum atomic E-state index is 12.5. The van der Waals surface area contributed by atoms with Gasteiger partial charge in [0.05, 0.1) is 0 Å². The van der Waals surface area contributed by atoms with Crippen LogP contribution in [-0.2, 0) is 16.1 Å². The van der Waals surface area contributed by atoms with Gasteiger partial charge < -0.3 is 20.1 Å². The van der Waals surface area contributed by atoms with Gasteiger partial charge in [-0.1, -0.05) is 40.9 Å². The highest BCUT2D eigenvalue weighted by atomic mass is 35.5. The van der Waals surface area contributed by atoms with Crippen LogP contribution in [0.4, 0.5) is 10.5 Å². The van der Waals surface area contributed by atoms with E-state index in [2.05, 4.69) is 5.32 Å². The monoisotopic (exact) mass is 428 g/mol. The van der Waals surface area contributed by atoms with Crippen LogP contribution in [0.2, 0.25) is 15.1 Å². The highest BCUT2D eigenvalue weighted by Crippen LogP contribution is 2.30. The molecular weight excluding hydrogens is 415 g/mol. The predicted molar refractivity (Wildman–Crippen MR) is 103 cm³/mol. The van der Waals surface area contributed by atoms with Gasteiger partial charge in [0.1, 0.15) is 0 Å². The Kier molecular flexibility index (Phi) is 5.81. The molecule has 0 aromatic heterocycles. The summed E-state index contributed by atoms with van der Waals surface area (Å²) in [4.78, 5) is 25.9. The minimum absolute atomic E-state index is 0.0608. The number of alkyl carbamates (subject to hydrolysis) is 1. The topological polar surface area (TPSA) is 78.9 Å². The number of rotatable bonds is 4. The van der Waals surface area contributed by atoms with Crippen molar-refractivity contribution in [3.8, 4) is 0 Å². The van der Waals surface area contributed by atoms with Gasteiger partial charge in [-0.15, -0.1) is 0 Å². The largest absolute Gasteiger partial charge is 0.410 e. The zero-order valence-corrected chi connectivity index (χ0v) is 16.2. The third-order valence-corrected chi connectivity index (χ3v) is 4.67. The van der Waals surface area contributed by atoms with Gasteiger partial charge in [0, 0.05) is 40.3 Å². The van der Waals surface area contributed by atoms with E-state index in [-0.39, 0.29) is 19.5 Å². The van der Waals surface area contributed by atoms with Crippen molar-refractivity contribution in [2.24, 2.45) is 0 Å². The first-order chi connectivity index (χ1) is 12.8. The highest BCUT2D eigenvalue weighted by Gasteiger charge is 2.49. The summed E-state index contributed by atoms with van der Waals surface area (Å²) in [5.41, 5.74) is 1.16. The summed E-state index contributed by atoms with van der Waals surface area (Å²) in [6.45, 7) is 0.258. The van der Waals surface area contributed by atoms with Gasteiger partial charge in [-0.25, -0.2) is 4.79 Å². The van der Waals surface area contributed by atoms with Crippen LogP contribution in [0.5, 0.6) is 0 Å². The van der Waals surface area contributed by atoms with Crippen LogP contribution in [0.1, 0.15) is 12.0 Å². The van der Waals surface area contributed by atoms with Crippen molar-refractivity contribution in [2.75, 3.05) is 11.4 Å². The summed E-state index contributed by atoms with van der Waals surface area (Å²) in [6.07, 6.45) is -0.996. The molecule has 0 radical (unpaired) electrons. The zero-order valence-electron chi connectivity index (χ0n) is 13.9. The number of hydrogen-bond donors (Lipinski definition) is 2. The molecule has 1 aliphatic heterocycles. The molecule has 1 heterocycles. The van der Waals surface area contributed by atoms with E-state index in [1.807, 2.05) is 0 Å². The molecule has 0 saturated carbocycles. The first-order valence-corrected chi connectivity index (χ1v) is 9.12. The molecule has 1 saturated heterocycles. The molecule has 0 unspecified atom stereocenters. The summed E-state index contributed by atoms with van der Waals surface area (Å²) >= 11 is 17.7. The van der Waals surface area contributed by atoms with Crippen molar-refractivity contribution in [1.82, 2.24) is 5.32 Å². The summed E-state index contributed by atoms with van der Waals surface area (Å²) in [7, 11) is 0. The van der Waals surface area contributed by atoms with Gasteiger partial charge in [0.25, 0.3) is 11.7 Å². The molecule has 6 nitrogen and oxygen atoms in total. The lowest BCUT2D eigenvalue weighted by atomic mass is 10.2. The molecule has 142 valence electrons. The third kappa shape index (κ3) is 4.65. The molecule has 1 aliphatic rings. The van der Waals surface area contributed by atoms with Crippen molar-refractivity contribution in [3.63, 3.8) is 0 Å². The molecule has 2 aromatic rings. The van der Waals surface area contributed by atoms with Gasteiger partial charge in [0.2, 0.25) is 0 Å². The molecule has 2 N–H and O–H groups in total. The Morgan fingerprint density at radius 1 is 1.15 bits per heavy atom. The van der Waals surface area contributed by atoms with E-state index < -0.39 is 17.8 Å². The smallest absolute Gasteiger partial charge is 0.407 e. The molecule has 2 amide bonds. The van der Waals surface area contributed by atoms with Crippen LogP contribution < -0.4 is 10.2 Å². The number of ether oxygens (including phenoxy) is 1. The molecule has 3 rings (SSSR count). The highest BCUT2D eigenvalue weighted by molar-refractivity contribution is 6.34. The van der Waals surface area contributed by atoms with Gasteiger partial charge >= 0.3 is 6.09 Å². The first-order valence-electron chi connectivity index (χ1n) is 7.98. The summed E-state index contributed by atoms with van der Waals surface area (Å²) in [5.74, 6) is -2.97. The number of hydrogen-bond acceptors (Lipinski definition) is 4. The fraction of sp³-hybridized carbons (Fsp3) is 0.222. The van der Waals surface area contributed by atoms with Gasteiger partial charge in [-0.3, -0.25) is 4.79 Å². The minimum atomic E-state index is -2.24. The molecule has 0 aliphatic carbocycles. The summed E-state index contributed by atoms with van der Waals surface area (Å²) in [6, 6.07) is 11.5. The molecule has 2 aromatic carbocycles. The number of anilines is 1. The van der Waals surface area contributed by atoms with Crippen LogP contribution in [0, 0.1) is 0 Å². The van der Waals surface area contributed by atoms with E-state index in [0.29, 0.717) is 26.3 Å². The lowest BCUT2D eigenvalue weighted by Gasteiger charge is -2.22. The number of carbonyl (C=O) groups is 2. The second-order valence-corrected chi connectivity index (χ2v) is 7.30.